The molecule has 1 fully saturated rings. The molecule has 1 aliphatic heterocycles. The van der Waals surface area contributed by atoms with Crippen molar-refractivity contribution in [1.29, 1.82) is 0 Å². The van der Waals surface area contributed by atoms with Crippen LogP contribution in [-0.2, 0) is 11.3 Å². The Labute approximate surface area is 143 Å². The second-order valence-electron chi connectivity index (χ2n) is 6.32. The van der Waals surface area contributed by atoms with E-state index in [2.05, 4.69) is 45.9 Å². The molecule has 0 aromatic heterocycles. The minimum absolute atomic E-state index is 0.0698. The lowest BCUT2D eigenvalue weighted by molar-refractivity contribution is -0.120. The van der Waals surface area contributed by atoms with Gasteiger partial charge < -0.3 is 10.6 Å². The van der Waals surface area contributed by atoms with Gasteiger partial charge in [0.15, 0.2) is 0 Å². The van der Waals surface area contributed by atoms with E-state index in [1.165, 1.54) is 5.56 Å². The summed E-state index contributed by atoms with van der Waals surface area (Å²) in [5.41, 5.74) is 2.33. The van der Waals surface area contributed by atoms with Crippen molar-refractivity contribution in [3.63, 3.8) is 0 Å². The van der Waals surface area contributed by atoms with Gasteiger partial charge in [0.2, 0.25) is 5.91 Å². The molecule has 1 aliphatic rings. The molecule has 4 nitrogen and oxygen atoms in total. The number of carbonyl (C=O) groups is 1. The lowest BCUT2D eigenvalue weighted by atomic mass is 10.0. The molecule has 0 aliphatic carbocycles. The maximum atomic E-state index is 12.1. The van der Waals surface area contributed by atoms with E-state index in [0.29, 0.717) is 12.6 Å². The maximum Gasteiger partial charge on any atom is 0.239 e. The lowest BCUT2D eigenvalue weighted by Gasteiger charge is -2.32. The first-order chi connectivity index (χ1) is 11.8. The standard InChI is InChI=1S/C20H25N3O/c24-20(15-21-18-9-5-2-6-10-18)22-19-11-13-23(14-12-19)16-17-7-3-1-4-8-17/h1-10,19,21H,11-16H2,(H,22,24). The van der Waals surface area contributed by atoms with Crippen molar-refractivity contribution in [3.05, 3.63) is 66.2 Å². The number of piperidine rings is 1. The molecule has 2 N–H and O–H groups in total. The topological polar surface area (TPSA) is 44.4 Å². The Balaban J connectivity index is 1.36. The second-order valence-corrected chi connectivity index (χ2v) is 6.32. The van der Waals surface area contributed by atoms with Crippen LogP contribution in [0.1, 0.15) is 18.4 Å². The molecule has 2 aromatic rings. The van der Waals surface area contributed by atoms with Gasteiger partial charge in [0, 0.05) is 31.4 Å². The molecule has 0 saturated carbocycles. The number of hydrogen-bond acceptors (Lipinski definition) is 3. The van der Waals surface area contributed by atoms with E-state index >= 15 is 0 Å². The van der Waals surface area contributed by atoms with Crippen molar-refractivity contribution < 1.29 is 4.79 Å². The molecule has 1 amide bonds. The third-order valence-corrected chi connectivity index (χ3v) is 4.43. The molecule has 0 unspecified atom stereocenters. The molecule has 24 heavy (non-hydrogen) atoms. The Bertz CT molecular complexity index is 622. The number of nitrogens with zero attached hydrogens (tertiary/aromatic N) is 1. The Morgan fingerprint density at radius 2 is 1.58 bits per heavy atom. The minimum Gasteiger partial charge on any atom is -0.376 e. The van der Waals surface area contributed by atoms with E-state index < -0.39 is 0 Å². The van der Waals surface area contributed by atoms with Gasteiger partial charge in [0.25, 0.3) is 0 Å². The highest BCUT2D eigenvalue weighted by Crippen LogP contribution is 2.14. The first-order valence-electron chi connectivity index (χ1n) is 8.64. The van der Waals surface area contributed by atoms with Crippen molar-refractivity contribution in [1.82, 2.24) is 10.2 Å². The Kier molecular flexibility index (Phi) is 5.85. The molecule has 126 valence electrons. The van der Waals surface area contributed by atoms with Crippen LogP contribution in [0.15, 0.2) is 60.7 Å². The Morgan fingerprint density at radius 1 is 0.958 bits per heavy atom. The highest BCUT2D eigenvalue weighted by Gasteiger charge is 2.20. The van der Waals surface area contributed by atoms with Gasteiger partial charge in [-0.05, 0) is 30.5 Å². The van der Waals surface area contributed by atoms with Crippen molar-refractivity contribution in [2.45, 2.75) is 25.4 Å². The van der Waals surface area contributed by atoms with Crippen molar-refractivity contribution in [3.8, 4) is 0 Å². The van der Waals surface area contributed by atoms with Crippen LogP contribution >= 0.6 is 0 Å². The SMILES string of the molecule is O=C(CNc1ccccc1)NC1CCN(Cc2ccccc2)CC1. The van der Waals surface area contributed by atoms with E-state index in [0.717, 1.165) is 38.2 Å². The molecule has 0 bridgehead atoms. The number of amides is 1. The molecule has 1 heterocycles. The minimum atomic E-state index is 0.0698. The summed E-state index contributed by atoms with van der Waals surface area (Å²) in [5.74, 6) is 0.0698. The van der Waals surface area contributed by atoms with Crippen LogP contribution in [0, 0.1) is 0 Å². The van der Waals surface area contributed by atoms with E-state index in [-0.39, 0.29) is 5.91 Å². The van der Waals surface area contributed by atoms with Gasteiger partial charge >= 0.3 is 0 Å². The average molecular weight is 323 g/mol. The maximum absolute atomic E-state index is 12.1. The van der Waals surface area contributed by atoms with Gasteiger partial charge in [-0.25, -0.2) is 0 Å². The molecular formula is C20H25N3O. The zero-order valence-corrected chi connectivity index (χ0v) is 13.9. The van der Waals surface area contributed by atoms with Gasteiger partial charge in [-0.15, -0.1) is 0 Å². The summed E-state index contributed by atoms with van der Waals surface area (Å²) in [5, 5.41) is 6.30. The third-order valence-electron chi connectivity index (χ3n) is 4.43. The van der Waals surface area contributed by atoms with Crippen LogP contribution in [0.2, 0.25) is 0 Å². The normalized spacial score (nSPS) is 15.8. The van der Waals surface area contributed by atoms with Crippen molar-refractivity contribution >= 4 is 11.6 Å². The highest BCUT2D eigenvalue weighted by molar-refractivity contribution is 5.80. The van der Waals surface area contributed by atoms with Crippen molar-refractivity contribution in [2.75, 3.05) is 25.0 Å². The number of likely N-dealkylation sites (tertiary alicyclic amines) is 1. The number of carbonyl (C=O) groups excluding carboxylic acids is 1. The average Bonchev–Trinajstić information content (AvgIpc) is 2.63. The van der Waals surface area contributed by atoms with E-state index in [4.69, 9.17) is 0 Å². The molecule has 2 aromatic carbocycles. The molecule has 4 heteroatoms. The molecular weight excluding hydrogens is 298 g/mol. The first kappa shape index (κ1) is 16.5. The molecule has 0 atom stereocenters. The fourth-order valence-electron chi connectivity index (χ4n) is 3.09. The van der Waals surface area contributed by atoms with Gasteiger partial charge in [-0.3, -0.25) is 9.69 Å². The van der Waals surface area contributed by atoms with E-state index in [1.807, 2.05) is 30.3 Å². The predicted molar refractivity (Wildman–Crippen MR) is 97.8 cm³/mol. The van der Waals surface area contributed by atoms with E-state index in [9.17, 15) is 4.79 Å². The summed E-state index contributed by atoms with van der Waals surface area (Å²) in [6.45, 7) is 3.39. The van der Waals surface area contributed by atoms with Crippen LogP contribution in [-0.4, -0.2) is 36.5 Å². The van der Waals surface area contributed by atoms with Crippen LogP contribution in [0.5, 0.6) is 0 Å². The zero-order valence-electron chi connectivity index (χ0n) is 13.9. The smallest absolute Gasteiger partial charge is 0.239 e. The highest BCUT2D eigenvalue weighted by atomic mass is 16.1. The molecule has 0 spiro atoms. The zero-order chi connectivity index (χ0) is 16.6. The monoisotopic (exact) mass is 323 g/mol. The van der Waals surface area contributed by atoms with Gasteiger partial charge in [0.1, 0.15) is 0 Å². The number of para-hydroxylation sites is 1. The number of hydrogen-bond donors (Lipinski definition) is 2. The largest absolute Gasteiger partial charge is 0.376 e. The van der Waals surface area contributed by atoms with Gasteiger partial charge in [0.05, 0.1) is 6.54 Å². The fraction of sp³-hybridized carbons (Fsp3) is 0.350. The first-order valence-corrected chi connectivity index (χ1v) is 8.64. The number of nitrogens with one attached hydrogen (secondary N) is 2. The van der Waals surface area contributed by atoms with Crippen LogP contribution in [0.3, 0.4) is 0 Å². The summed E-state index contributed by atoms with van der Waals surface area (Å²) in [6, 6.07) is 20.7. The van der Waals surface area contributed by atoms with Crippen LogP contribution in [0.4, 0.5) is 5.69 Å². The summed E-state index contributed by atoms with van der Waals surface area (Å²) < 4.78 is 0. The molecule has 1 saturated heterocycles. The lowest BCUT2D eigenvalue weighted by Crippen LogP contribution is -2.45. The Morgan fingerprint density at radius 3 is 2.25 bits per heavy atom. The summed E-state index contributed by atoms with van der Waals surface area (Å²) in [7, 11) is 0. The third kappa shape index (κ3) is 5.10. The van der Waals surface area contributed by atoms with Crippen LogP contribution < -0.4 is 10.6 Å². The fourth-order valence-corrected chi connectivity index (χ4v) is 3.09. The molecule has 0 radical (unpaired) electrons. The number of anilines is 1. The van der Waals surface area contributed by atoms with Crippen LogP contribution in [0.25, 0.3) is 0 Å². The Hall–Kier alpha value is -2.33. The summed E-state index contributed by atoms with van der Waals surface area (Å²) in [6.07, 6.45) is 2.04. The van der Waals surface area contributed by atoms with Crippen molar-refractivity contribution in [2.24, 2.45) is 0 Å². The van der Waals surface area contributed by atoms with Gasteiger partial charge in [-0.2, -0.15) is 0 Å². The second kappa shape index (κ2) is 8.50. The predicted octanol–water partition coefficient (Wildman–Crippen LogP) is 2.88. The number of benzene rings is 2. The summed E-state index contributed by atoms with van der Waals surface area (Å²) >= 11 is 0. The quantitative estimate of drug-likeness (QED) is 0.859. The van der Waals surface area contributed by atoms with Gasteiger partial charge in [-0.1, -0.05) is 48.5 Å². The number of rotatable bonds is 6. The van der Waals surface area contributed by atoms with E-state index in [1.54, 1.807) is 0 Å². The molecule has 3 rings (SSSR count). The summed E-state index contributed by atoms with van der Waals surface area (Å²) in [4.78, 5) is 14.5.